The molecule has 3 rings (SSSR count). The predicted octanol–water partition coefficient (Wildman–Crippen LogP) is 2.55. The van der Waals surface area contributed by atoms with Crippen LogP contribution in [-0.2, 0) is 11.3 Å². The van der Waals surface area contributed by atoms with Gasteiger partial charge in [-0.05, 0) is 39.2 Å². The molecule has 1 aromatic rings. The van der Waals surface area contributed by atoms with E-state index in [-0.39, 0.29) is 0 Å². The van der Waals surface area contributed by atoms with Gasteiger partial charge in [0.1, 0.15) is 5.76 Å². The Morgan fingerprint density at radius 3 is 2.94 bits per heavy atom. The Balaban J connectivity index is 1.48. The van der Waals surface area contributed by atoms with E-state index in [0.717, 1.165) is 31.2 Å². The molecule has 2 aliphatic rings. The Bertz CT molecular complexity index is 381. The van der Waals surface area contributed by atoms with Gasteiger partial charge < -0.3 is 9.26 Å². The van der Waals surface area contributed by atoms with Crippen molar-refractivity contribution in [1.29, 1.82) is 0 Å². The second-order valence-electron chi connectivity index (χ2n) is 5.68. The maximum absolute atomic E-state index is 5.75. The monoisotopic (exact) mass is 250 g/mol. The first-order valence-electron chi connectivity index (χ1n) is 7.07. The minimum Gasteiger partial charge on any atom is -0.377 e. The van der Waals surface area contributed by atoms with E-state index in [9.17, 15) is 0 Å². The van der Waals surface area contributed by atoms with Crippen molar-refractivity contribution >= 4 is 0 Å². The molecule has 4 nitrogen and oxygen atoms in total. The van der Waals surface area contributed by atoms with Gasteiger partial charge in [-0.1, -0.05) is 5.16 Å². The molecular weight excluding hydrogens is 228 g/mol. The predicted molar refractivity (Wildman–Crippen MR) is 68.4 cm³/mol. The van der Waals surface area contributed by atoms with Crippen LogP contribution in [0.4, 0.5) is 0 Å². The van der Waals surface area contributed by atoms with Crippen molar-refractivity contribution in [3.63, 3.8) is 0 Å². The first kappa shape index (κ1) is 12.2. The van der Waals surface area contributed by atoms with E-state index in [1.54, 1.807) is 0 Å². The van der Waals surface area contributed by atoms with Crippen LogP contribution in [0.2, 0.25) is 0 Å². The van der Waals surface area contributed by atoms with Gasteiger partial charge >= 0.3 is 0 Å². The van der Waals surface area contributed by atoms with Gasteiger partial charge in [-0.3, -0.25) is 4.90 Å². The molecule has 1 saturated carbocycles. The van der Waals surface area contributed by atoms with Gasteiger partial charge in [0.05, 0.1) is 11.8 Å². The number of ether oxygens (including phenoxy) is 1. The largest absolute Gasteiger partial charge is 0.377 e. The Morgan fingerprint density at radius 1 is 1.33 bits per heavy atom. The summed E-state index contributed by atoms with van der Waals surface area (Å²) in [5.41, 5.74) is 1.05. The van der Waals surface area contributed by atoms with Crippen molar-refractivity contribution < 1.29 is 9.26 Å². The summed E-state index contributed by atoms with van der Waals surface area (Å²) in [5.74, 6) is 1.73. The lowest BCUT2D eigenvalue weighted by atomic mass is 10.1. The van der Waals surface area contributed by atoms with Crippen molar-refractivity contribution in [1.82, 2.24) is 10.1 Å². The van der Waals surface area contributed by atoms with Crippen molar-refractivity contribution in [3.8, 4) is 0 Å². The average Bonchev–Trinajstić information content (AvgIpc) is 3.12. The summed E-state index contributed by atoms with van der Waals surface area (Å²) in [7, 11) is 2.13. The third-order valence-corrected chi connectivity index (χ3v) is 3.78. The van der Waals surface area contributed by atoms with E-state index in [1.165, 1.54) is 32.1 Å². The fourth-order valence-corrected chi connectivity index (χ4v) is 2.60. The van der Waals surface area contributed by atoms with Crippen molar-refractivity contribution in [2.24, 2.45) is 0 Å². The molecule has 0 bridgehead atoms. The number of hydrogen-bond acceptors (Lipinski definition) is 4. The highest BCUT2D eigenvalue weighted by Gasteiger charge is 2.28. The SMILES string of the molecule is CN(Cc1cc(C2CC2)on1)CC1CCCCO1. The summed E-state index contributed by atoms with van der Waals surface area (Å²) < 4.78 is 11.1. The van der Waals surface area contributed by atoms with Gasteiger partial charge in [0.25, 0.3) is 0 Å². The highest BCUT2D eigenvalue weighted by atomic mass is 16.5. The molecule has 0 aromatic carbocycles. The maximum atomic E-state index is 5.75. The van der Waals surface area contributed by atoms with Gasteiger partial charge in [-0.25, -0.2) is 0 Å². The topological polar surface area (TPSA) is 38.5 Å². The highest BCUT2D eigenvalue weighted by molar-refractivity contribution is 5.14. The molecule has 0 spiro atoms. The number of aromatic nitrogens is 1. The van der Waals surface area contributed by atoms with Crippen LogP contribution < -0.4 is 0 Å². The summed E-state index contributed by atoms with van der Waals surface area (Å²) in [6.45, 7) is 2.77. The molecule has 2 heterocycles. The molecule has 0 N–H and O–H groups in total. The zero-order valence-corrected chi connectivity index (χ0v) is 11.1. The van der Waals surface area contributed by atoms with Crippen LogP contribution in [0, 0.1) is 0 Å². The summed E-state index contributed by atoms with van der Waals surface area (Å²) in [6.07, 6.45) is 6.64. The quantitative estimate of drug-likeness (QED) is 0.805. The molecule has 2 fully saturated rings. The molecular formula is C14H22N2O2. The van der Waals surface area contributed by atoms with Gasteiger partial charge in [0.15, 0.2) is 0 Å². The molecule has 4 heteroatoms. The number of hydrogen-bond donors (Lipinski definition) is 0. The fourth-order valence-electron chi connectivity index (χ4n) is 2.60. The Labute approximate surface area is 108 Å². The van der Waals surface area contributed by atoms with E-state index >= 15 is 0 Å². The fraction of sp³-hybridized carbons (Fsp3) is 0.786. The van der Waals surface area contributed by atoms with E-state index < -0.39 is 0 Å². The van der Waals surface area contributed by atoms with Crippen LogP contribution in [0.15, 0.2) is 10.6 Å². The minimum atomic E-state index is 0.401. The summed E-state index contributed by atoms with van der Waals surface area (Å²) in [6, 6.07) is 2.12. The van der Waals surface area contributed by atoms with Crippen LogP contribution in [-0.4, -0.2) is 36.4 Å². The lowest BCUT2D eigenvalue weighted by molar-refractivity contribution is -0.00285. The van der Waals surface area contributed by atoms with Gasteiger partial charge in [0, 0.05) is 31.7 Å². The molecule has 0 radical (unpaired) electrons. The van der Waals surface area contributed by atoms with Crippen LogP contribution in [0.5, 0.6) is 0 Å². The van der Waals surface area contributed by atoms with E-state index in [4.69, 9.17) is 9.26 Å². The average molecular weight is 250 g/mol. The molecule has 18 heavy (non-hydrogen) atoms. The molecule has 1 aliphatic heterocycles. The van der Waals surface area contributed by atoms with E-state index in [0.29, 0.717) is 12.0 Å². The first-order chi connectivity index (χ1) is 8.81. The molecule has 1 aliphatic carbocycles. The highest BCUT2D eigenvalue weighted by Crippen LogP contribution is 2.40. The third kappa shape index (κ3) is 3.12. The smallest absolute Gasteiger partial charge is 0.140 e. The lowest BCUT2D eigenvalue weighted by Gasteiger charge is -2.26. The molecule has 1 unspecified atom stereocenters. The number of likely N-dealkylation sites (N-methyl/N-ethyl adjacent to an activating group) is 1. The maximum Gasteiger partial charge on any atom is 0.140 e. The Hall–Kier alpha value is -0.870. The molecule has 1 saturated heterocycles. The summed E-state index contributed by atoms with van der Waals surface area (Å²) in [5, 5.41) is 4.15. The summed E-state index contributed by atoms with van der Waals surface area (Å²) in [4.78, 5) is 2.28. The standard InChI is InChI=1S/C14H22N2O2/c1-16(10-13-4-2-3-7-17-13)9-12-8-14(18-15-12)11-5-6-11/h8,11,13H,2-7,9-10H2,1H3. The van der Waals surface area contributed by atoms with Crippen LogP contribution in [0.1, 0.15) is 49.5 Å². The van der Waals surface area contributed by atoms with Gasteiger partial charge in [0.2, 0.25) is 0 Å². The third-order valence-electron chi connectivity index (χ3n) is 3.78. The van der Waals surface area contributed by atoms with E-state index in [1.807, 2.05) is 0 Å². The normalized spacial score (nSPS) is 24.7. The van der Waals surface area contributed by atoms with Crippen molar-refractivity contribution in [2.45, 2.75) is 50.7 Å². The van der Waals surface area contributed by atoms with Gasteiger partial charge in [-0.15, -0.1) is 0 Å². The summed E-state index contributed by atoms with van der Waals surface area (Å²) >= 11 is 0. The second kappa shape index (κ2) is 5.41. The second-order valence-corrected chi connectivity index (χ2v) is 5.68. The van der Waals surface area contributed by atoms with Crippen molar-refractivity contribution in [3.05, 3.63) is 17.5 Å². The Morgan fingerprint density at radius 2 is 2.22 bits per heavy atom. The first-order valence-corrected chi connectivity index (χ1v) is 7.07. The number of rotatable bonds is 5. The molecule has 1 atom stereocenters. The minimum absolute atomic E-state index is 0.401. The molecule has 1 aromatic heterocycles. The van der Waals surface area contributed by atoms with E-state index in [2.05, 4.69) is 23.2 Å². The zero-order chi connectivity index (χ0) is 12.4. The Kier molecular flexibility index (Phi) is 3.66. The van der Waals surface area contributed by atoms with Crippen LogP contribution >= 0.6 is 0 Å². The van der Waals surface area contributed by atoms with Crippen molar-refractivity contribution in [2.75, 3.05) is 20.2 Å². The van der Waals surface area contributed by atoms with Crippen LogP contribution in [0.3, 0.4) is 0 Å². The molecule has 100 valence electrons. The lowest BCUT2D eigenvalue weighted by Crippen LogP contribution is -2.33. The molecule has 0 amide bonds. The number of nitrogens with zero attached hydrogens (tertiary/aromatic N) is 2. The zero-order valence-electron chi connectivity index (χ0n) is 11.1. The van der Waals surface area contributed by atoms with Gasteiger partial charge in [-0.2, -0.15) is 0 Å². The van der Waals surface area contributed by atoms with Crippen LogP contribution in [0.25, 0.3) is 0 Å².